The van der Waals surface area contributed by atoms with Crippen molar-refractivity contribution in [3.63, 3.8) is 0 Å². The standard InChI is InChI=1S/C26H26ClN5O5/c1-26(2,3)32-24-16(11-28-32)18(15-10-17(34-4)21-22(20(15)35-5)37-12-36-21)19-23(29-24)30-25(33)31(19)14-8-6-13(27)7-9-14/h6-11,18-19H,12H2,1-5H3,(H,29,30,33)/t18-,19+/m1/s1. The van der Waals surface area contributed by atoms with Gasteiger partial charge in [-0.3, -0.25) is 10.2 Å². The lowest BCUT2D eigenvalue weighted by molar-refractivity contribution is 0.168. The molecule has 0 aliphatic carbocycles. The van der Waals surface area contributed by atoms with Crippen LogP contribution in [0, 0.1) is 0 Å². The highest BCUT2D eigenvalue weighted by molar-refractivity contribution is 6.30. The second-order valence-corrected chi connectivity index (χ2v) is 10.4. The van der Waals surface area contributed by atoms with Gasteiger partial charge in [0.15, 0.2) is 17.3 Å². The Kier molecular flexibility index (Phi) is 5.27. The number of nitrogens with zero attached hydrogens (tertiary/aromatic N) is 4. The van der Waals surface area contributed by atoms with Crippen molar-refractivity contribution in [2.45, 2.75) is 38.3 Å². The average molecular weight is 524 g/mol. The Bertz CT molecular complexity index is 1440. The van der Waals surface area contributed by atoms with E-state index in [1.54, 1.807) is 31.3 Å². The molecule has 2 aromatic carbocycles. The molecule has 37 heavy (non-hydrogen) atoms. The van der Waals surface area contributed by atoms with E-state index in [-0.39, 0.29) is 18.4 Å². The van der Waals surface area contributed by atoms with Crippen molar-refractivity contribution < 1.29 is 23.7 Å². The SMILES string of the molecule is COc1cc([C@@H]2c3cnn(C(C)(C)C)c3N=C3NC(=O)N(c4ccc(Cl)cc4)[C@H]32)c(OC)c2c1OCO2. The maximum Gasteiger partial charge on any atom is 0.328 e. The number of amidine groups is 1. The summed E-state index contributed by atoms with van der Waals surface area (Å²) in [6, 6.07) is 8.21. The monoisotopic (exact) mass is 523 g/mol. The smallest absolute Gasteiger partial charge is 0.328 e. The van der Waals surface area contributed by atoms with Crippen LogP contribution in [0.15, 0.2) is 41.5 Å². The molecule has 1 N–H and O–H groups in total. The number of methoxy groups -OCH3 is 2. The van der Waals surface area contributed by atoms with E-state index in [9.17, 15) is 4.79 Å². The van der Waals surface area contributed by atoms with Crippen LogP contribution in [0.3, 0.4) is 0 Å². The molecule has 3 aromatic rings. The van der Waals surface area contributed by atoms with Crippen LogP contribution in [-0.2, 0) is 5.54 Å². The Morgan fingerprint density at radius 3 is 2.49 bits per heavy atom. The first-order valence-electron chi connectivity index (χ1n) is 11.8. The first-order chi connectivity index (χ1) is 17.7. The number of anilines is 1. The van der Waals surface area contributed by atoms with Crippen LogP contribution in [0.2, 0.25) is 5.02 Å². The molecule has 11 heteroatoms. The van der Waals surface area contributed by atoms with E-state index in [1.165, 1.54) is 0 Å². The zero-order valence-corrected chi connectivity index (χ0v) is 21.8. The maximum atomic E-state index is 13.4. The molecule has 0 radical (unpaired) electrons. The number of urea groups is 1. The Balaban J connectivity index is 1.62. The van der Waals surface area contributed by atoms with Crippen LogP contribution >= 0.6 is 11.6 Å². The second kappa shape index (κ2) is 8.31. The Morgan fingerprint density at radius 2 is 1.81 bits per heavy atom. The lowest BCUT2D eigenvalue weighted by Crippen LogP contribution is -2.42. The van der Waals surface area contributed by atoms with Crippen LogP contribution in [0.5, 0.6) is 23.0 Å². The van der Waals surface area contributed by atoms with Crippen molar-refractivity contribution in [3.8, 4) is 23.0 Å². The predicted molar refractivity (Wildman–Crippen MR) is 138 cm³/mol. The molecule has 0 saturated carbocycles. The number of nitrogens with one attached hydrogen (secondary N) is 1. The summed E-state index contributed by atoms with van der Waals surface area (Å²) < 4.78 is 24.9. The van der Waals surface area contributed by atoms with Gasteiger partial charge in [-0.15, -0.1) is 0 Å². The third-order valence-corrected chi connectivity index (χ3v) is 7.00. The molecule has 1 fully saturated rings. The van der Waals surface area contributed by atoms with Gasteiger partial charge < -0.3 is 18.9 Å². The van der Waals surface area contributed by atoms with Gasteiger partial charge in [0.1, 0.15) is 11.9 Å². The Labute approximate surface area is 218 Å². The van der Waals surface area contributed by atoms with E-state index >= 15 is 0 Å². The fourth-order valence-electron chi connectivity index (χ4n) is 5.20. The van der Waals surface area contributed by atoms with E-state index in [4.69, 9.17) is 40.6 Å². The second-order valence-electron chi connectivity index (χ2n) is 9.97. The number of carbonyl (C=O) groups is 1. The van der Waals surface area contributed by atoms with Gasteiger partial charge in [-0.25, -0.2) is 14.5 Å². The molecule has 0 spiro atoms. The minimum atomic E-state index is -0.516. The van der Waals surface area contributed by atoms with Crippen molar-refractivity contribution in [3.05, 3.63) is 52.7 Å². The molecule has 192 valence electrons. The van der Waals surface area contributed by atoms with Crippen LogP contribution in [0.25, 0.3) is 0 Å². The van der Waals surface area contributed by atoms with Gasteiger partial charge in [-0.1, -0.05) is 11.6 Å². The minimum Gasteiger partial charge on any atom is -0.493 e. The first kappa shape index (κ1) is 23.5. The Morgan fingerprint density at radius 1 is 1.08 bits per heavy atom. The van der Waals surface area contributed by atoms with E-state index in [0.29, 0.717) is 45.4 Å². The normalized spacial score (nSPS) is 19.8. The molecule has 3 aliphatic heterocycles. The summed E-state index contributed by atoms with van der Waals surface area (Å²) in [5.74, 6) is 2.71. The number of benzene rings is 2. The highest BCUT2D eigenvalue weighted by atomic mass is 35.5. The number of carbonyl (C=O) groups excluding carboxylic acids is 1. The van der Waals surface area contributed by atoms with Gasteiger partial charge in [-0.2, -0.15) is 5.10 Å². The molecule has 3 aliphatic rings. The molecule has 1 aromatic heterocycles. The number of aliphatic imine (C=N–C) groups is 1. The van der Waals surface area contributed by atoms with Crippen molar-refractivity contribution in [2.24, 2.45) is 4.99 Å². The summed E-state index contributed by atoms with van der Waals surface area (Å²) in [5, 5.41) is 8.26. The molecule has 0 unspecified atom stereocenters. The minimum absolute atomic E-state index is 0.0520. The highest BCUT2D eigenvalue weighted by Crippen LogP contribution is 2.55. The average Bonchev–Trinajstić information content (AvgIpc) is 3.58. The number of rotatable bonds is 4. The lowest BCUT2D eigenvalue weighted by atomic mass is 9.82. The quantitative estimate of drug-likeness (QED) is 0.527. The van der Waals surface area contributed by atoms with Gasteiger partial charge >= 0.3 is 6.03 Å². The van der Waals surface area contributed by atoms with Crippen molar-refractivity contribution >= 4 is 35.0 Å². The van der Waals surface area contributed by atoms with Crippen molar-refractivity contribution in [2.75, 3.05) is 25.9 Å². The molecule has 4 heterocycles. The van der Waals surface area contributed by atoms with Crippen molar-refractivity contribution in [1.82, 2.24) is 15.1 Å². The van der Waals surface area contributed by atoms with Gasteiger partial charge in [-0.05, 0) is 51.1 Å². The molecular formula is C26H26ClN5O5. The van der Waals surface area contributed by atoms with Crippen LogP contribution < -0.4 is 29.2 Å². The fourth-order valence-corrected chi connectivity index (χ4v) is 5.32. The fraction of sp³-hybridized carbons (Fsp3) is 0.346. The van der Waals surface area contributed by atoms with Gasteiger partial charge in [0, 0.05) is 27.8 Å². The zero-order chi connectivity index (χ0) is 26.1. The van der Waals surface area contributed by atoms with Crippen LogP contribution in [0.4, 0.5) is 16.3 Å². The molecule has 10 nitrogen and oxygen atoms in total. The van der Waals surface area contributed by atoms with E-state index in [0.717, 1.165) is 11.1 Å². The highest BCUT2D eigenvalue weighted by Gasteiger charge is 2.50. The number of amides is 2. The van der Waals surface area contributed by atoms with E-state index in [1.807, 2.05) is 29.1 Å². The lowest BCUT2D eigenvalue weighted by Gasteiger charge is -2.34. The number of aromatic nitrogens is 2. The molecule has 0 bridgehead atoms. The first-order valence-corrected chi connectivity index (χ1v) is 12.2. The summed E-state index contributed by atoms with van der Waals surface area (Å²) in [4.78, 5) is 20.0. The number of halogens is 1. The van der Waals surface area contributed by atoms with E-state index in [2.05, 4.69) is 26.1 Å². The van der Waals surface area contributed by atoms with Crippen molar-refractivity contribution in [1.29, 1.82) is 0 Å². The maximum absolute atomic E-state index is 13.4. The van der Waals surface area contributed by atoms with Gasteiger partial charge in [0.2, 0.25) is 18.3 Å². The van der Waals surface area contributed by atoms with Gasteiger partial charge in [0.05, 0.1) is 26.0 Å². The summed E-state index contributed by atoms with van der Waals surface area (Å²) in [5.41, 5.74) is 1.94. The van der Waals surface area contributed by atoms with Gasteiger partial charge in [0.25, 0.3) is 0 Å². The zero-order valence-electron chi connectivity index (χ0n) is 21.0. The molecule has 2 atom stereocenters. The summed E-state index contributed by atoms with van der Waals surface area (Å²) >= 11 is 6.15. The number of hydrogen-bond acceptors (Lipinski definition) is 7. The largest absolute Gasteiger partial charge is 0.493 e. The topological polar surface area (TPSA) is 99.4 Å². The molecule has 2 amide bonds. The third-order valence-electron chi connectivity index (χ3n) is 6.75. The number of ether oxygens (including phenoxy) is 4. The summed E-state index contributed by atoms with van der Waals surface area (Å²) in [6.07, 6.45) is 1.81. The van der Waals surface area contributed by atoms with E-state index < -0.39 is 12.0 Å². The van der Waals surface area contributed by atoms with Crippen LogP contribution in [0.1, 0.15) is 37.8 Å². The number of hydrogen-bond donors (Lipinski definition) is 1. The summed E-state index contributed by atoms with van der Waals surface area (Å²) in [6.45, 7) is 6.22. The number of fused-ring (bicyclic) bond motifs is 3. The van der Waals surface area contributed by atoms with Crippen LogP contribution in [-0.4, -0.2) is 48.7 Å². The molecular weight excluding hydrogens is 498 g/mol. The Hall–Kier alpha value is -3.92. The summed E-state index contributed by atoms with van der Waals surface area (Å²) in [7, 11) is 3.16. The molecule has 1 saturated heterocycles. The third kappa shape index (κ3) is 3.50. The predicted octanol–water partition coefficient (Wildman–Crippen LogP) is 4.81. The molecule has 6 rings (SSSR count).